The summed E-state index contributed by atoms with van der Waals surface area (Å²) < 4.78 is 17.3. The van der Waals surface area contributed by atoms with E-state index in [9.17, 15) is 9.59 Å². The highest BCUT2D eigenvalue weighted by Crippen LogP contribution is 2.23. The molecule has 4 aromatic rings. The van der Waals surface area contributed by atoms with E-state index in [1.165, 1.54) is 12.8 Å². The molecule has 206 valence electrons. The normalized spacial score (nSPS) is 11.3. The lowest BCUT2D eigenvalue weighted by Gasteiger charge is -2.17. The molecule has 3 aromatic carbocycles. The van der Waals surface area contributed by atoms with Gasteiger partial charge in [0, 0.05) is 19.2 Å². The van der Waals surface area contributed by atoms with Crippen molar-refractivity contribution in [1.29, 1.82) is 0 Å². The lowest BCUT2D eigenvalue weighted by atomic mass is 10.1. The minimum Gasteiger partial charge on any atom is -0.493 e. The number of rotatable bonds is 14. The Labute approximate surface area is 229 Å². The van der Waals surface area contributed by atoms with E-state index >= 15 is 0 Å². The van der Waals surface area contributed by atoms with Crippen molar-refractivity contribution in [3.63, 3.8) is 0 Å². The van der Waals surface area contributed by atoms with Gasteiger partial charge < -0.3 is 24.1 Å². The van der Waals surface area contributed by atoms with Gasteiger partial charge in [-0.1, -0.05) is 50.5 Å². The fourth-order valence-corrected chi connectivity index (χ4v) is 4.53. The van der Waals surface area contributed by atoms with Crippen molar-refractivity contribution in [2.75, 3.05) is 26.7 Å². The Morgan fingerprint density at radius 2 is 1.72 bits per heavy atom. The highest BCUT2D eigenvalue weighted by Gasteiger charge is 2.09. The zero-order valence-corrected chi connectivity index (χ0v) is 22.9. The number of nitrogens with one attached hydrogen (secondary N) is 1. The fraction of sp³-hybridized carbons (Fsp3) is 0.375. The summed E-state index contributed by atoms with van der Waals surface area (Å²) in [4.78, 5) is 27.0. The molecule has 0 aliphatic heterocycles. The van der Waals surface area contributed by atoms with Crippen LogP contribution in [0.4, 0.5) is 4.79 Å². The van der Waals surface area contributed by atoms with Crippen molar-refractivity contribution in [3.8, 4) is 11.5 Å². The largest absolute Gasteiger partial charge is 0.493 e. The fourth-order valence-electron chi connectivity index (χ4n) is 4.53. The van der Waals surface area contributed by atoms with Gasteiger partial charge in [0.1, 0.15) is 22.7 Å². The van der Waals surface area contributed by atoms with Crippen molar-refractivity contribution >= 4 is 28.0 Å². The monoisotopic (exact) mass is 530 g/mol. The molecule has 0 saturated carbocycles. The third-order valence-electron chi connectivity index (χ3n) is 6.61. The summed E-state index contributed by atoms with van der Waals surface area (Å²) in [6.07, 6.45) is 5.90. The Bertz CT molecular complexity index is 1430. The number of benzene rings is 3. The molecule has 0 spiro atoms. The van der Waals surface area contributed by atoms with Gasteiger partial charge in [-0.15, -0.1) is 0 Å². The van der Waals surface area contributed by atoms with Crippen LogP contribution in [0.2, 0.25) is 0 Å². The van der Waals surface area contributed by atoms with E-state index in [1.807, 2.05) is 36.4 Å². The van der Waals surface area contributed by atoms with E-state index in [-0.39, 0.29) is 5.43 Å². The summed E-state index contributed by atoms with van der Waals surface area (Å²) in [5.74, 6) is 1.25. The van der Waals surface area contributed by atoms with Gasteiger partial charge >= 0.3 is 6.09 Å². The standard InChI is InChI=1S/C32H38N2O5/c1-3-4-5-8-18-33-32(36)38-26-13-11-12-24(21-26)23-34(2)19-9-10-20-37-25-16-17-28-30(22-25)39-29-15-7-6-14-27(29)31(28)35/h6-7,11-17,21-22H,3-5,8-10,18-20,23H2,1-2H3,(H,33,36). The quantitative estimate of drug-likeness (QED) is 0.141. The molecule has 0 fully saturated rings. The first-order chi connectivity index (χ1) is 19.0. The molecule has 1 heterocycles. The first-order valence-electron chi connectivity index (χ1n) is 13.8. The van der Waals surface area contributed by atoms with Gasteiger partial charge in [-0.25, -0.2) is 4.79 Å². The number of carbonyl (C=O) groups is 1. The van der Waals surface area contributed by atoms with Gasteiger partial charge in [0.05, 0.1) is 17.4 Å². The Balaban J connectivity index is 1.18. The van der Waals surface area contributed by atoms with Gasteiger partial charge in [-0.05, 0) is 74.8 Å². The zero-order valence-electron chi connectivity index (χ0n) is 22.9. The smallest absolute Gasteiger partial charge is 0.412 e. The summed E-state index contributed by atoms with van der Waals surface area (Å²) in [6, 6.07) is 20.3. The Morgan fingerprint density at radius 3 is 2.59 bits per heavy atom. The molecule has 1 aromatic heterocycles. The van der Waals surface area contributed by atoms with E-state index in [1.54, 1.807) is 30.3 Å². The highest BCUT2D eigenvalue weighted by molar-refractivity contribution is 5.90. The predicted molar refractivity (Wildman–Crippen MR) is 156 cm³/mol. The minimum atomic E-state index is -0.404. The van der Waals surface area contributed by atoms with Crippen LogP contribution in [0.15, 0.2) is 75.9 Å². The zero-order chi connectivity index (χ0) is 27.5. The van der Waals surface area contributed by atoms with Crippen molar-refractivity contribution in [1.82, 2.24) is 10.2 Å². The lowest BCUT2D eigenvalue weighted by Crippen LogP contribution is -2.27. The molecule has 4 rings (SSSR count). The molecule has 1 amide bonds. The number of ether oxygens (including phenoxy) is 2. The number of fused-ring (bicyclic) bond motifs is 2. The predicted octanol–water partition coefficient (Wildman–Crippen LogP) is 6.91. The van der Waals surface area contributed by atoms with Gasteiger partial charge in [0.25, 0.3) is 0 Å². The molecule has 0 radical (unpaired) electrons. The summed E-state index contributed by atoms with van der Waals surface area (Å²) in [7, 11) is 2.08. The van der Waals surface area contributed by atoms with Crippen LogP contribution in [0.3, 0.4) is 0 Å². The van der Waals surface area contributed by atoms with Crippen LogP contribution in [0, 0.1) is 0 Å². The Hall–Kier alpha value is -3.84. The van der Waals surface area contributed by atoms with Crippen molar-refractivity contribution < 1.29 is 18.7 Å². The van der Waals surface area contributed by atoms with E-state index in [4.69, 9.17) is 13.9 Å². The molecule has 0 bridgehead atoms. The van der Waals surface area contributed by atoms with Gasteiger partial charge in [-0.2, -0.15) is 0 Å². The number of para-hydroxylation sites is 1. The average Bonchev–Trinajstić information content (AvgIpc) is 2.93. The second-order valence-corrected chi connectivity index (χ2v) is 9.90. The maximum atomic E-state index is 12.7. The lowest BCUT2D eigenvalue weighted by molar-refractivity contribution is 0.200. The molecule has 39 heavy (non-hydrogen) atoms. The number of carbonyl (C=O) groups excluding carboxylic acids is 1. The van der Waals surface area contributed by atoms with Crippen LogP contribution in [0.25, 0.3) is 21.9 Å². The molecular weight excluding hydrogens is 492 g/mol. The first kappa shape index (κ1) is 28.2. The summed E-state index contributed by atoms with van der Waals surface area (Å²) in [6.45, 7) is 5.05. The number of hydrogen-bond donors (Lipinski definition) is 1. The van der Waals surface area contributed by atoms with Crippen molar-refractivity contribution in [3.05, 3.63) is 82.5 Å². The number of unbranched alkanes of at least 4 members (excludes halogenated alkanes) is 4. The molecular formula is C32H38N2O5. The maximum absolute atomic E-state index is 12.7. The van der Waals surface area contributed by atoms with Crippen LogP contribution in [0.5, 0.6) is 11.5 Å². The first-order valence-corrected chi connectivity index (χ1v) is 13.8. The summed E-state index contributed by atoms with van der Waals surface area (Å²) in [5.41, 5.74) is 2.17. The van der Waals surface area contributed by atoms with Crippen molar-refractivity contribution in [2.45, 2.75) is 52.0 Å². The number of nitrogens with zero attached hydrogens (tertiary/aromatic N) is 1. The molecule has 0 atom stereocenters. The van der Waals surface area contributed by atoms with Crippen molar-refractivity contribution in [2.24, 2.45) is 0 Å². The number of amides is 1. The topological polar surface area (TPSA) is 81.0 Å². The second kappa shape index (κ2) is 14.4. The number of hydrogen-bond acceptors (Lipinski definition) is 6. The average molecular weight is 531 g/mol. The van der Waals surface area contributed by atoms with Crippen LogP contribution < -0.4 is 20.2 Å². The molecule has 0 aliphatic rings. The third-order valence-corrected chi connectivity index (χ3v) is 6.61. The van der Waals surface area contributed by atoms with Crippen LogP contribution in [-0.2, 0) is 6.54 Å². The van der Waals surface area contributed by atoms with E-state index in [0.29, 0.717) is 46.6 Å². The van der Waals surface area contributed by atoms with Crippen LogP contribution in [-0.4, -0.2) is 37.7 Å². The molecule has 7 heteroatoms. The van der Waals surface area contributed by atoms with E-state index in [0.717, 1.165) is 44.3 Å². The summed E-state index contributed by atoms with van der Waals surface area (Å²) >= 11 is 0. The van der Waals surface area contributed by atoms with Gasteiger partial charge in [0.2, 0.25) is 5.43 Å². The molecule has 0 aliphatic carbocycles. The van der Waals surface area contributed by atoms with Crippen LogP contribution >= 0.6 is 0 Å². The van der Waals surface area contributed by atoms with E-state index < -0.39 is 6.09 Å². The van der Waals surface area contributed by atoms with Gasteiger partial charge in [0.15, 0.2) is 0 Å². The minimum absolute atomic E-state index is 0.0281. The Morgan fingerprint density at radius 1 is 0.872 bits per heavy atom. The van der Waals surface area contributed by atoms with Gasteiger partial charge in [-0.3, -0.25) is 4.79 Å². The Kier molecular flexibility index (Phi) is 10.4. The second-order valence-electron chi connectivity index (χ2n) is 9.90. The van der Waals surface area contributed by atoms with Crippen LogP contribution in [0.1, 0.15) is 51.0 Å². The third kappa shape index (κ3) is 8.32. The maximum Gasteiger partial charge on any atom is 0.412 e. The molecule has 0 saturated heterocycles. The molecule has 7 nitrogen and oxygen atoms in total. The highest BCUT2D eigenvalue weighted by atomic mass is 16.6. The molecule has 1 N–H and O–H groups in total. The van der Waals surface area contributed by atoms with E-state index in [2.05, 4.69) is 24.2 Å². The SMILES string of the molecule is CCCCCCNC(=O)Oc1cccc(CN(C)CCCCOc2ccc3c(=O)c4ccccc4oc3c2)c1. The summed E-state index contributed by atoms with van der Waals surface area (Å²) in [5, 5.41) is 3.96. The molecule has 0 unspecified atom stereocenters.